The number of hydrogen-bond donors (Lipinski definition) is 1. The number of hydrogen-bond acceptors (Lipinski definition) is 2. The number of aromatic nitrogens is 1. The van der Waals surface area contributed by atoms with Gasteiger partial charge in [-0.05, 0) is 17.7 Å². The predicted molar refractivity (Wildman–Crippen MR) is 50.3 cm³/mol. The highest BCUT2D eigenvalue weighted by molar-refractivity contribution is 6.29. The lowest BCUT2D eigenvalue weighted by molar-refractivity contribution is -0.163. The van der Waals surface area contributed by atoms with Crippen LogP contribution in [0.4, 0.5) is 13.2 Å². The lowest BCUT2D eigenvalue weighted by Crippen LogP contribution is -2.23. The lowest BCUT2D eigenvalue weighted by Gasteiger charge is -2.18. The summed E-state index contributed by atoms with van der Waals surface area (Å²) in [6, 6.07) is 2.12. The smallest absolute Gasteiger partial charge is 0.396 e. The monoisotopic (exact) mass is 253 g/mol. The highest BCUT2D eigenvalue weighted by Gasteiger charge is 2.42. The Labute approximate surface area is 93.9 Å². The van der Waals surface area contributed by atoms with Crippen LogP contribution in [0, 0.1) is 0 Å². The number of carbonyl (C=O) groups is 1. The molecule has 0 radical (unpaired) electrons. The average molecular weight is 254 g/mol. The maximum atomic E-state index is 12.6. The summed E-state index contributed by atoms with van der Waals surface area (Å²) in [5, 5.41) is 8.33. The Bertz CT molecular complexity index is 395. The topological polar surface area (TPSA) is 50.2 Å². The fourth-order valence-corrected chi connectivity index (χ4v) is 1.41. The Kier molecular flexibility index (Phi) is 3.74. The third-order valence-corrected chi connectivity index (χ3v) is 2.13. The summed E-state index contributed by atoms with van der Waals surface area (Å²) < 4.78 is 37.7. The predicted octanol–water partition coefficient (Wildman–Crippen LogP) is 2.86. The number of alkyl halides is 3. The molecule has 3 nitrogen and oxygen atoms in total. The van der Waals surface area contributed by atoms with Gasteiger partial charge in [-0.15, -0.1) is 0 Å². The largest absolute Gasteiger partial charge is 0.481 e. The van der Waals surface area contributed by atoms with E-state index < -0.39 is 24.5 Å². The summed E-state index contributed by atoms with van der Waals surface area (Å²) in [4.78, 5) is 13.9. The highest BCUT2D eigenvalue weighted by atomic mass is 35.5. The third-order valence-electron chi connectivity index (χ3n) is 1.93. The summed E-state index contributed by atoms with van der Waals surface area (Å²) in [7, 11) is 0. The van der Waals surface area contributed by atoms with E-state index in [1.807, 2.05) is 0 Å². The number of carboxylic acid groups (broad SMARTS) is 1. The molecule has 0 spiro atoms. The Morgan fingerprint density at radius 3 is 2.62 bits per heavy atom. The van der Waals surface area contributed by atoms with Gasteiger partial charge in [-0.1, -0.05) is 11.6 Å². The van der Waals surface area contributed by atoms with Crippen molar-refractivity contribution in [3.8, 4) is 0 Å². The van der Waals surface area contributed by atoms with Gasteiger partial charge in [-0.25, -0.2) is 4.98 Å². The van der Waals surface area contributed by atoms with Gasteiger partial charge in [0.2, 0.25) is 0 Å². The molecule has 1 rings (SSSR count). The molecule has 1 N–H and O–H groups in total. The first kappa shape index (κ1) is 12.8. The van der Waals surface area contributed by atoms with Gasteiger partial charge in [-0.3, -0.25) is 4.79 Å². The Hall–Kier alpha value is -1.30. The van der Waals surface area contributed by atoms with Gasteiger partial charge in [-0.2, -0.15) is 13.2 Å². The maximum Gasteiger partial charge on any atom is 0.396 e. The summed E-state index contributed by atoms with van der Waals surface area (Å²) in [5.41, 5.74) is -0.199. The SMILES string of the molecule is O=C(O)CC(c1ccnc(Cl)c1)C(F)(F)F. The van der Waals surface area contributed by atoms with Crippen molar-refractivity contribution >= 4 is 17.6 Å². The molecule has 1 atom stereocenters. The Morgan fingerprint density at radius 2 is 2.19 bits per heavy atom. The van der Waals surface area contributed by atoms with Crippen molar-refractivity contribution in [3.05, 3.63) is 29.0 Å². The molecular weight excluding hydrogens is 247 g/mol. The van der Waals surface area contributed by atoms with E-state index in [1.165, 1.54) is 0 Å². The summed E-state index contributed by atoms with van der Waals surface area (Å²) in [6.45, 7) is 0. The van der Waals surface area contributed by atoms with Crippen molar-refractivity contribution in [2.45, 2.75) is 18.5 Å². The molecule has 0 aromatic carbocycles. The van der Waals surface area contributed by atoms with Crippen LogP contribution in [0.25, 0.3) is 0 Å². The number of carboxylic acids is 1. The summed E-state index contributed by atoms with van der Waals surface area (Å²) >= 11 is 5.45. The van der Waals surface area contributed by atoms with Crippen molar-refractivity contribution in [2.24, 2.45) is 0 Å². The second kappa shape index (κ2) is 4.69. The van der Waals surface area contributed by atoms with Gasteiger partial charge >= 0.3 is 12.1 Å². The molecule has 16 heavy (non-hydrogen) atoms. The zero-order valence-corrected chi connectivity index (χ0v) is 8.59. The van der Waals surface area contributed by atoms with Gasteiger partial charge in [0.25, 0.3) is 0 Å². The van der Waals surface area contributed by atoms with Crippen LogP contribution in [-0.2, 0) is 4.79 Å². The first-order valence-corrected chi connectivity index (χ1v) is 4.58. The van der Waals surface area contributed by atoms with E-state index in [0.29, 0.717) is 0 Å². The zero-order chi connectivity index (χ0) is 12.3. The molecule has 0 fully saturated rings. The molecule has 7 heteroatoms. The van der Waals surface area contributed by atoms with Crippen molar-refractivity contribution in [1.82, 2.24) is 4.98 Å². The molecule has 0 aliphatic rings. The molecule has 1 heterocycles. The Balaban J connectivity index is 3.06. The lowest BCUT2D eigenvalue weighted by atomic mass is 9.96. The maximum absolute atomic E-state index is 12.6. The molecule has 0 aliphatic carbocycles. The van der Waals surface area contributed by atoms with Crippen LogP contribution in [-0.4, -0.2) is 22.2 Å². The van der Waals surface area contributed by atoms with E-state index in [-0.39, 0.29) is 10.7 Å². The minimum absolute atomic E-state index is 0.0999. The van der Waals surface area contributed by atoms with Crippen molar-refractivity contribution in [1.29, 1.82) is 0 Å². The van der Waals surface area contributed by atoms with E-state index in [0.717, 1.165) is 18.3 Å². The first-order valence-electron chi connectivity index (χ1n) is 4.20. The van der Waals surface area contributed by atoms with Crippen LogP contribution < -0.4 is 0 Å². The van der Waals surface area contributed by atoms with Crippen LogP contribution in [0.15, 0.2) is 18.3 Å². The number of halogens is 4. The Morgan fingerprint density at radius 1 is 1.56 bits per heavy atom. The van der Waals surface area contributed by atoms with E-state index in [9.17, 15) is 18.0 Å². The van der Waals surface area contributed by atoms with Crippen LogP contribution in [0.2, 0.25) is 5.15 Å². The minimum atomic E-state index is -4.62. The molecule has 0 amide bonds. The van der Waals surface area contributed by atoms with Gasteiger partial charge in [0.05, 0.1) is 12.3 Å². The van der Waals surface area contributed by atoms with Crippen molar-refractivity contribution in [2.75, 3.05) is 0 Å². The van der Waals surface area contributed by atoms with Gasteiger partial charge in [0.15, 0.2) is 0 Å². The second-order valence-corrected chi connectivity index (χ2v) is 3.49. The third kappa shape index (κ3) is 3.37. The molecule has 0 saturated heterocycles. The zero-order valence-electron chi connectivity index (χ0n) is 7.83. The normalized spacial score (nSPS) is 13.5. The van der Waals surface area contributed by atoms with Crippen LogP contribution in [0.3, 0.4) is 0 Å². The number of nitrogens with zero attached hydrogens (tertiary/aromatic N) is 1. The molecule has 1 aromatic heterocycles. The van der Waals surface area contributed by atoms with E-state index >= 15 is 0 Å². The molecule has 88 valence electrons. The molecule has 1 unspecified atom stereocenters. The molecule has 0 bridgehead atoms. The fourth-order valence-electron chi connectivity index (χ4n) is 1.23. The van der Waals surface area contributed by atoms with E-state index in [2.05, 4.69) is 4.98 Å². The molecule has 1 aromatic rings. The number of aliphatic carboxylic acids is 1. The quantitative estimate of drug-likeness (QED) is 0.843. The average Bonchev–Trinajstić information content (AvgIpc) is 2.12. The number of rotatable bonds is 3. The van der Waals surface area contributed by atoms with Crippen LogP contribution in [0.5, 0.6) is 0 Å². The highest BCUT2D eigenvalue weighted by Crippen LogP contribution is 2.37. The van der Waals surface area contributed by atoms with Crippen LogP contribution in [0.1, 0.15) is 17.9 Å². The van der Waals surface area contributed by atoms with E-state index in [1.54, 1.807) is 0 Å². The molecule has 0 aliphatic heterocycles. The van der Waals surface area contributed by atoms with Gasteiger partial charge in [0.1, 0.15) is 5.15 Å². The molecule has 0 saturated carbocycles. The summed E-state index contributed by atoms with van der Waals surface area (Å²) in [6.07, 6.45) is -4.54. The number of pyridine rings is 1. The summed E-state index contributed by atoms with van der Waals surface area (Å²) in [5.74, 6) is -3.58. The van der Waals surface area contributed by atoms with Gasteiger partial charge < -0.3 is 5.11 Å². The second-order valence-electron chi connectivity index (χ2n) is 3.10. The van der Waals surface area contributed by atoms with Crippen molar-refractivity contribution in [3.63, 3.8) is 0 Å². The van der Waals surface area contributed by atoms with Gasteiger partial charge in [0, 0.05) is 6.20 Å². The minimum Gasteiger partial charge on any atom is -0.481 e. The van der Waals surface area contributed by atoms with Crippen molar-refractivity contribution < 1.29 is 23.1 Å². The van der Waals surface area contributed by atoms with Crippen LogP contribution >= 0.6 is 11.6 Å². The molecular formula is C9H7ClF3NO2. The standard InChI is InChI=1S/C9H7ClF3NO2/c10-7-3-5(1-2-14-7)6(4-8(15)16)9(11,12)13/h1-3,6H,4H2,(H,15,16). The first-order chi connectivity index (χ1) is 7.30. The fraction of sp³-hybridized carbons (Fsp3) is 0.333. The van der Waals surface area contributed by atoms with E-state index in [4.69, 9.17) is 16.7 Å².